The lowest BCUT2D eigenvalue weighted by Crippen LogP contribution is -2.30. The van der Waals surface area contributed by atoms with E-state index in [1.807, 2.05) is 48.5 Å². The average Bonchev–Trinajstić information content (AvgIpc) is 3.36. The van der Waals surface area contributed by atoms with Crippen LogP contribution in [0.15, 0.2) is 97.1 Å². The van der Waals surface area contributed by atoms with E-state index in [0.717, 1.165) is 34.1 Å². The van der Waals surface area contributed by atoms with Crippen LogP contribution in [0.25, 0.3) is 22.3 Å². The Morgan fingerprint density at radius 1 is 0.394 bits per heavy atom. The molecule has 0 saturated heterocycles. The maximum atomic E-state index is 13.2. The van der Waals surface area contributed by atoms with E-state index in [1.54, 1.807) is 13.8 Å². The molecule has 0 aliphatic heterocycles. The number of unbranched alkanes of at least 4 members (excludes halogenated alkanes) is 14. The fourth-order valence-electron chi connectivity index (χ4n) is 10.9. The van der Waals surface area contributed by atoms with Gasteiger partial charge in [0.15, 0.2) is 0 Å². The molecule has 2 saturated carbocycles. The number of esters is 2. The zero-order valence-corrected chi connectivity index (χ0v) is 41.7. The minimum absolute atomic E-state index is 0.428. The highest BCUT2D eigenvalue weighted by Crippen LogP contribution is 2.40. The van der Waals surface area contributed by atoms with Crippen molar-refractivity contribution in [3.05, 3.63) is 119 Å². The van der Waals surface area contributed by atoms with Gasteiger partial charge in [0.25, 0.3) is 0 Å². The van der Waals surface area contributed by atoms with E-state index in [1.165, 1.54) is 178 Å². The monoisotopic (exact) mass is 895 g/mol. The van der Waals surface area contributed by atoms with Crippen molar-refractivity contribution in [2.75, 3.05) is 0 Å². The van der Waals surface area contributed by atoms with Crippen LogP contribution in [0.2, 0.25) is 0 Å². The Kier molecular flexibility index (Phi) is 21.9. The molecule has 0 amide bonds. The Hall–Kier alpha value is -4.18. The maximum Gasteiger partial charge on any atom is 0.338 e. The number of hydrogen-bond donors (Lipinski definition) is 0. The summed E-state index contributed by atoms with van der Waals surface area (Å²) in [6, 6.07) is 33.3. The van der Waals surface area contributed by atoms with E-state index in [0.29, 0.717) is 23.0 Å². The van der Waals surface area contributed by atoms with Crippen molar-refractivity contribution in [2.45, 2.75) is 219 Å². The summed E-state index contributed by atoms with van der Waals surface area (Å²) in [6.45, 7) is 8.12. The van der Waals surface area contributed by atoms with Gasteiger partial charge in [-0.05, 0) is 147 Å². The summed E-state index contributed by atoms with van der Waals surface area (Å²) in [4.78, 5) is 26.3. The molecule has 4 aromatic rings. The Morgan fingerprint density at radius 3 is 0.970 bits per heavy atom. The first-order chi connectivity index (χ1) is 32.3. The topological polar surface area (TPSA) is 52.6 Å². The molecule has 0 heterocycles. The molecule has 6 rings (SSSR count). The van der Waals surface area contributed by atoms with Gasteiger partial charge in [0, 0.05) is 0 Å². The molecule has 358 valence electrons. The summed E-state index contributed by atoms with van der Waals surface area (Å²) in [6.07, 6.45) is 34.7. The van der Waals surface area contributed by atoms with Crippen LogP contribution < -0.4 is 0 Å². The SMILES string of the molecule is CCCCCCCCCCC1CCC(c2ccc(-c3ccc(C(=O)OC(C)C(C)OC(=O)c4ccc(-c5ccc(C6CCC(CCCCCCCCCC)CC6)cc5)cc4)cc3)cc2)CC1. The first kappa shape index (κ1) is 51.2. The predicted octanol–water partition coefficient (Wildman–Crippen LogP) is 18.4. The molecule has 2 aliphatic carbocycles. The van der Waals surface area contributed by atoms with Crippen molar-refractivity contribution in [2.24, 2.45) is 11.8 Å². The van der Waals surface area contributed by atoms with Gasteiger partial charge < -0.3 is 9.47 Å². The van der Waals surface area contributed by atoms with Crippen molar-refractivity contribution in [1.82, 2.24) is 0 Å². The van der Waals surface area contributed by atoms with Gasteiger partial charge in [-0.1, -0.05) is 202 Å². The molecule has 66 heavy (non-hydrogen) atoms. The second-order valence-electron chi connectivity index (χ2n) is 20.6. The van der Waals surface area contributed by atoms with E-state index in [2.05, 4.69) is 62.4 Å². The van der Waals surface area contributed by atoms with E-state index in [9.17, 15) is 9.59 Å². The Balaban J connectivity index is 0.869. The van der Waals surface area contributed by atoms with Gasteiger partial charge in [-0.2, -0.15) is 0 Å². The molecule has 4 aromatic carbocycles. The highest BCUT2D eigenvalue weighted by molar-refractivity contribution is 5.91. The van der Waals surface area contributed by atoms with E-state index in [-0.39, 0.29) is 0 Å². The largest absolute Gasteiger partial charge is 0.455 e. The average molecular weight is 895 g/mol. The van der Waals surface area contributed by atoms with Crippen LogP contribution in [0, 0.1) is 11.8 Å². The summed E-state index contributed by atoms with van der Waals surface area (Å²) in [7, 11) is 0. The van der Waals surface area contributed by atoms with Crippen molar-refractivity contribution in [1.29, 1.82) is 0 Å². The van der Waals surface area contributed by atoms with E-state index >= 15 is 0 Å². The quantitative estimate of drug-likeness (QED) is 0.0442. The first-order valence-corrected chi connectivity index (χ1v) is 27.1. The zero-order chi connectivity index (χ0) is 46.4. The zero-order valence-electron chi connectivity index (χ0n) is 41.7. The van der Waals surface area contributed by atoms with Gasteiger partial charge in [0.2, 0.25) is 0 Å². The van der Waals surface area contributed by atoms with Crippen LogP contribution in [0.4, 0.5) is 0 Å². The third kappa shape index (κ3) is 16.6. The minimum atomic E-state index is -0.614. The normalized spacial score (nSPS) is 19.5. The smallest absolute Gasteiger partial charge is 0.338 e. The standard InChI is InChI=1S/C62H86O4/c1-5-7-9-11-13-15-17-19-21-49-23-27-51(28-24-49)53-31-35-55(36-32-53)57-39-43-59(44-40-57)61(63)65-47(3)48(4)66-62(64)60-45-41-58(42-46-60)56-37-33-54(34-38-56)52-29-25-50(26-30-52)22-20-18-16-14-12-10-8-6-2/h31-52H,5-30H2,1-4H3. The van der Waals surface area contributed by atoms with E-state index < -0.39 is 24.1 Å². The fraction of sp³-hybridized carbons (Fsp3) is 0.581. The highest BCUT2D eigenvalue weighted by Gasteiger charge is 2.25. The van der Waals surface area contributed by atoms with Crippen LogP contribution in [0.3, 0.4) is 0 Å². The van der Waals surface area contributed by atoms with E-state index in [4.69, 9.17) is 9.47 Å². The molecule has 0 radical (unpaired) electrons. The molecule has 0 spiro atoms. The predicted molar refractivity (Wildman–Crippen MR) is 277 cm³/mol. The van der Waals surface area contributed by atoms with Gasteiger partial charge in [-0.3, -0.25) is 0 Å². The molecule has 0 N–H and O–H groups in total. The maximum absolute atomic E-state index is 13.2. The van der Waals surface area contributed by atoms with Crippen LogP contribution in [0.5, 0.6) is 0 Å². The van der Waals surface area contributed by atoms with Gasteiger partial charge >= 0.3 is 11.9 Å². The van der Waals surface area contributed by atoms with Gasteiger partial charge in [0.05, 0.1) is 11.1 Å². The fourth-order valence-corrected chi connectivity index (χ4v) is 10.9. The number of carbonyl (C=O) groups is 2. The summed E-state index contributed by atoms with van der Waals surface area (Å²) >= 11 is 0. The molecule has 2 aliphatic rings. The van der Waals surface area contributed by atoms with Gasteiger partial charge in [0.1, 0.15) is 12.2 Å². The second kappa shape index (κ2) is 28.2. The molecule has 2 atom stereocenters. The van der Waals surface area contributed by atoms with Crippen molar-refractivity contribution < 1.29 is 19.1 Å². The van der Waals surface area contributed by atoms with Crippen LogP contribution in [0.1, 0.15) is 238 Å². The Bertz CT molecular complexity index is 1800. The van der Waals surface area contributed by atoms with Crippen molar-refractivity contribution in [3.63, 3.8) is 0 Å². The summed E-state index contributed by atoms with van der Waals surface area (Å²) in [5.41, 5.74) is 8.30. The number of ether oxygens (including phenoxy) is 2. The lowest BCUT2D eigenvalue weighted by molar-refractivity contribution is -0.0239. The van der Waals surface area contributed by atoms with Crippen LogP contribution >= 0.6 is 0 Å². The van der Waals surface area contributed by atoms with Gasteiger partial charge in [-0.25, -0.2) is 9.59 Å². The molecule has 2 fully saturated rings. The number of carbonyl (C=O) groups excluding carboxylic acids is 2. The third-order valence-electron chi connectivity index (χ3n) is 15.5. The summed E-state index contributed by atoms with van der Waals surface area (Å²) in [5, 5.41) is 0. The molecular weight excluding hydrogens is 809 g/mol. The molecule has 0 bridgehead atoms. The number of hydrogen-bond acceptors (Lipinski definition) is 4. The van der Waals surface area contributed by atoms with Crippen molar-refractivity contribution in [3.8, 4) is 22.3 Å². The number of benzene rings is 4. The summed E-state index contributed by atoms with van der Waals surface area (Å²) < 4.78 is 11.6. The third-order valence-corrected chi connectivity index (χ3v) is 15.5. The minimum Gasteiger partial charge on any atom is -0.455 e. The second-order valence-corrected chi connectivity index (χ2v) is 20.6. The Labute approximate surface area is 401 Å². The molecule has 2 unspecified atom stereocenters. The van der Waals surface area contributed by atoms with Crippen molar-refractivity contribution >= 4 is 11.9 Å². The molecule has 4 nitrogen and oxygen atoms in total. The van der Waals surface area contributed by atoms with Crippen LogP contribution in [-0.2, 0) is 9.47 Å². The number of rotatable bonds is 27. The first-order valence-electron chi connectivity index (χ1n) is 27.1. The molecular formula is C62H86O4. The molecule has 0 aromatic heterocycles. The summed E-state index contributed by atoms with van der Waals surface area (Å²) in [5.74, 6) is 2.30. The Morgan fingerprint density at radius 2 is 0.667 bits per heavy atom. The highest BCUT2D eigenvalue weighted by atomic mass is 16.6. The lowest BCUT2D eigenvalue weighted by Gasteiger charge is -2.29. The molecule has 4 heteroatoms. The van der Waals surface area contributed by atoms with Crippen LogP contribution in [-0.4, -0.2) is 24.1 Å². The lowest BCUT2D eigenvalue weighted by atomic mass is 9.77. The van der Waals surface area contributed by atoms with Gasteiger partial charge in [-0.15, -0.1) is 0 Å².